The Hall–Kier alpha value is -3.03. The van der Waals surface area contributed by atoms with Gasteiger partial charge in [-0.1, -0.05) is 30.3 Å². The summed E-state index contributed by atoms with van der Waals surface area (Å²) in [5.74, 6) is 0.107. The quantitative estimate of drug-likeness (QED) is 0.862. The Labute approximate surface area is 144 Å². The summed E-state index contributed by atoms with van der Waals surface area (Å²) >= 11 is 0. The third-order valence-corrected chi connectivity index (χ3v) is 4.83. The first-order chi connectivity index (χ1) is 12.1. The maximum Gasteiger partial charge on any atom is 0.410 e. The Morgan fingerprint density at radius 1 is 1.32 bits per heavy atom. The molecule has 2 aromatic rings. The van der Waals surface area contributed by atoms with Gasteiger partial charge in [0.15, 0.2) is 0 Å². The van der Waals surface area contributed by atoms with Crippen LogP contribution >= 0.6 is 0 Å². The number of cyclic esters (lactones) is 1. The van der Waals surface area contributed by atoms with E-state index in [4.69, 9.17) is 10.5 Å². The average molecular weight is 341 g/mol. The number of piperazine rings is 1. The molecule has 1 atom stereocenters. The fourth-order valence-electron chi connectivity index (χ4n) is 3.63. The largest absolute Gasteiger partial charge is 0.447 e. The van der Waals surface area contributed by atoms with Crippen molar-refractivity contribution in [3.8, 4) is 0 Å². The minimum atomic E-state index is -0.544. The van der Waals surface area contributed by atoms with Gasteiger partial charge in [-0.15, -0.1) is 0 Å². The van der Waals surface area contributed by atoms with Crippen molar-refractivity contribution < 1.29 is 14.3 Å². The van der Waals surface area contributed by atoms with Gasteiger partial charge in [-0.25, -0.2) is 4.79 Å². The van der Waals surface area contributed by atoms with Gasteiger partial charge in [0.05, 0.1) is 0 Å². The molecule has 1 aromatic heterocycles. The summed E-state index contributed by atoms with van der Waals surface area (Å²) < 4.78 is 5.32. The van der Waals surface area contributed by atoms with Crippen LogP contribution in [-0.2, 0) is 11.2 Å². The molecule has 8 nitrogen and oxygen atoms in total. The van der Waals surface area contributed by atoms with E-state index in [0.717, 1.165) is 5.56 Å². The summed E-state index contributed by atoms with van der Waals surface area (Å²) in [6, 6.07) is 11.4. The number of nitrogens with zero attached hydrogens (tertiary/aromatic N) is 3. The van der Waals surface area contributed by atoms with Crippen LogP contribution in [0, 0.1) is 0 Å². The van der Waals surface area contributed by atoms with E-state index in [-0.39, 0.29) is 24.4 Å². The number of aromatic nitrogens is 2. The van der Waals surface area contributed by atoms with E-state index in [1.807, 2.05) is 30.3 Å². The van der Waals surface area contributed by atoms with Crippen molar-refractivity contribution in [2.75, 3.05) is 32.0 Å². The highest BCUT2D eigenvalue weighted by molar-refractivity contribution is 5.93. The standard InChI is InChI=1S/C17H19N5O3/c18-14-8-13(19-20-14)15(23)21-6-7-22-16(24)25-11-17(22,10-21)9-12-4-2-1-3-5-12/h1-5,8H,6-7,9-11H2,(H3,18,19,20). The molecule has 3 heterocycles. The molecule has 2 amide bonds. The number of ether oxygens (including phenoxy) is 1. The lowest BCUT2D eigenvalue weighted by molar-refractivity contribution is 0.0371. The van der Waals surface area contributed by atoms with Crippen LogP contribution in [0.2, 0.25) is 0 Å². The SMILES string of the molecule is Nc1cc(C(=O)N2CCN3C(=O)OCC3(Cc3ccccc3)C2)[nH]n1. The average Bonchev–Trinajstić information content (AvgIpc) is 3.19. The molecule has 8 heteroatoms. The van der Waals surface area contributed by atoms with Gasteiger partial charge in [0, 0.05) is 32.1 Å². The second kappa shape index (κ2) is 5.80. The van der Waals surface area contributed by atoms with Crippen molar-refractivity contribution in [3.05, 3.63) is 47.7 Å². The Kier molecular flexibility index (Phi) is 3.60. The Bertz CT molecular complexity index is 806. The van der Waals surface area contributed by atoms with E-state index in [1.165, 1.54) is 6.07 Å². The molecule has 0 bridgehead atoms. The molecule has 2 fully saturated rings. The first kappa shape index (κ1) is 15.5. The normalized spacial score (nSPS) is 22.6. The van der Waals surface area contributed by atoms with Crippen LogP contribution in [0.3, 0.4) is 0 Å². The zero-order valence-electron chi connectivity index (χ0n) is 13.6. The summed E-state index contributed by atoms with van der Waals surface area (Å²) in [6.07, 6.45) is 0.322. The number of nitrogen functional groups attached to an aromatic ring is 1. The summed E-state index contributed by atoms with van der Waals surface area (Å²) in [4.78, 5) is 28.3. The number of H-pyrrole nitrogens is 1. The number of anilines is 1. The lowest BCUT2D eigenvalue weighted by atomic mass is 9.88. The maximum absolute atomic E-state index is 12.7. The number of rotatable bonds is 3. The third-order valence-electron chi connectivity index (χ3n) is 4.83. The van der Waals surface area contributed by atoms with Crippen LogP contribution in [0.25, 0.3) is 0 Å². The van der Waals surface area contributed by atoms with Crippen molar-refractivity contribution in [1.29, 1.82) is 0 Å². The van der Waals surface area contributed by atoms with Gasteiger partial charge >= 0.3 is 6.09 Å². The number of aromatic amines is 1. The Morgan fingerprint density at radius 2 is 2.12 bits per heavy atom. The highest BCUT2D eigenvalue weighted by Gasteiger charge is 2.51. The number of nitrogens with one attached hydrogen (secondary N) is 1. The van der Waals surface area contributed by atoms with Gasteiger partial charge in [0.2, 0.25) is 0 Å². The van der Waals surface area contributed by atoms with Crippen LogP contribution in [-0.4, -0.2) is 63.8 Å². The van der Waals surface area contributed by atoms with E-state index < -0.39 is 5.54 Å². The van der Waals surface area contributed by atoms with Gasteiger partial charge < -0.3 is 15.4 Å². The number of nitrogens with two attached hydrogens (primary N) is 1. The van der Waals surface area contributed by atoms with Crippen LogP contribution in [0.1, 0.15) is 16.1 Å². The molecule has 2 aliphatic heterocycles. The molecular formula is C17H19N5O3. The number of hydrogen-bond acceptors (Lipinski definition) is 5. The number of carbonyl (C=O) groups is 2. The Balaban J connectivity index is 1.60. The van der Waals surface area contributed by atoms with E-state index in [1.54, 1.807) is 9.80 Å². The molecule has 25 heavy (non-hydrogen) atoms. The smallest absolute Gasteiger partial charge is 0.410 e. The predicted molar refractivity (Wildman–Crippen MR) is 89.8 cm³/mol. The van der Waals surface area contributed by atoms with E-state index in [9.17, 15) is 9.59 Å². The topological polar surface area (TPSA) is 105 Å². The molecule has 0 radical (unpaired) electrons. The molecule has 1 aromatic carbocycles. The van der Waals surface area contributed by atoms with Gasteiger partial charge in [-0.2, -0.15) is 5.10 Å². The first-order valence-corrected chi connectivity index (χ1v) is 8.16. The number of carbonyl (C=O) groups excluding carboxylic acids is 2. The van der Waals surface area contributed by atoms with Gasteiger partial charge in [0.1, 0.15) is 23.7 Å². The van der Waals surface area contributed by atoms with Gasteiger partial charge in [0.25, 0.3) is 5.91 Å². The van der Waals surface area contributed by atoms with Crippen LogP contribution in [0.5, 0.6) is 0 Å². The van der Waals surface area contributed by atoms with Crippen molar-refractivity contribution in [2.24, 2.45) is 0 Å². The summed E-state index contributed by atoms with van der Waals surface area (Å²) in [5.41, 5.74) is 6.50. The van der Waals surface area contributed by atoms with Crippen LogP contribution < -0.4 is 5.73 Å². The number of hydrogen-bond donors (Lipinski definition) is 2. The molecule has 4 rings (SSSR count). The number of fused-ring (bicyclic) bond motifs is 1. The number of amides is 2. The summed E-state index contributed by atoms with van der Waals surface area (Å²) in [7, 11) is 0. The van der Waals surface area contributed by atoms with E-state index in [2.05, 4.69) is 10.2 Å². The van der Waals surface area contributed by atoms with Crippen molar-refractivity contribution >= 4 is 17.8 Å². The lowest BCUT2D eigenvalue weighted by Gasteiger charge is -2.44. The van der Waals surface area contributed by atoms with Crippen LogP contribution in [0.4, 0.5) is 10.6 Å². The van der Waals surface area contributed by atoms with Crippen molar-refractivity contribution in [3.63, 3.8) is 0 Å². The molecular weight excluding hydrogens is 322 g/mol. The minimum Gasteiger partial charge on any atom is -0.447 e. The second-order valence-electron chi connectivity index (χ2n) is 6.53. The molecule has 2 saturated heterocycles. The van der Waals surface area contributed by atoms with Crippen molar-refractivity contribution in [2.45, 2.75) is 12.0 Å². The van der Waals surface area contributed by atoms with Gasteiger partial charge in [-0.3, -0.25) is 14.8 Å². The molecule has 2 aliphatic rings. The third kappa shape index (κ3) is 2.69. The van der Waals surface area contributed by atoms with Crippen molar-refractivity contribution in [1.82, 2.24) is 20.0 Å². The second-order valence-corrected chi connectivity index (χ2v) is 6.53. The molecule has 130 valence electrons. The molecule has 1 unspecified atom stereocenters. The molecule has 0 saturated carbocycles. The predicted octanol–water partition coefficient (Wildman–Crippen LogP) is 0.881. The fraction of sp³-hybridized carbons (Fsp3) is 0.353. The van der Waals surface area contributed by atoms with Gasteiger partial charge in [-0.05, 0) is 5.56 Å². The molecule has 0 spiro atoms. The highest BCUT2D eigenvalue weighted by atomic mass is 16.6. The zero-order valence-corrected chi connectivity index (χ0v) is 13.6. The molecule has 3 N–H and O–H groups in total. The van der Waals surface area contributed by atoms with Crippen LogP contribution in [0.15, 0.2) is 36.4 Å². The maximum atomic E-state index is 12.7. The Morgan fingerprint density at radius 3 is 2.84 bits per heavy atom. The summed E-state index contributed by atoms with van der Waals surface area (Å²) in [6.45, 7) is 1.57. The molecule has 0 aliphatic carbocycles. The highest BCUT2D eigenvalue weighted by Crippen LogP contribution is 2.32. The monoisotopic (exact) mass is 341 g/mol. The van der Waals surface area contributed by atoms with E-state index >= 15 is 0 Å². The summed E-state index contributed by atoms with van der Waals surface area (Å²) in [5, 5.41) is 6.47. The van der Waals surface area contributed by atoms with E-state index in [0.29, 0.717) is 31.7 Å². The lowest BCUT2D eigenvalue weighted by Crippen LogP contribution is -2.63. The number of benzene rings is 1. The zero-order chi connectivity index (χ0) is 17.4. The first-order valence-electron chi connectivity index (χ1n) is 8.16. The minimum absolute atomic E-state index is 0.171. The fourth-order valence-corrected chi connectivity index (χ4v) is 3.63.